The fraction of sp³-hybridized carbons (Fsp3) is 1.00. The van der Waals surface area contributed by atoms with E-state index in [1.54, 1.807) is 0 Å². The van der Waals surface area contributed by atoms with Crippen LogP contribution < -0.4 is 0 Å². The molecule has 5 aliphatic rings. The van der Waals surface area contributed by atoms with Gasteiger partial charge in [-0.25, -0.2) is 0 Å². The van der Waals surface area contributed by atoms with Gasteiger partial charge in [0.1, 0.15) is 0 Å². The van der Waals surface area contributed by atoms with Crippen LogP contribution >= 0.6 is 0 Å². The zero-order chi connectivity index (χ0) is 19.0. The Labute approximate surface area is 167 Å². The van der Waals surface area contributed by atoms with Crippen molar-refractivity contribution < 1.29 is 9.47 Å². The lowest BCUT2D eigenvalue weighted by Crippen LogP contribution is -2.41. The van der Waals surface area contributed by atoms with Crippen molar-refractivity contribution in [2.75, 3.05) is 0 Å². The van der Waals surface area contributed by atoms with Crippen LogP contribution in [0.5, 0.6) is 0 Å². The summed E-state index contributed by atoms with van der Waals surface area (Å²) in [4.78, 5) is 0. The third kappa shape index (κ3) is 3.41. The van der Waals surface area contributed by atoms with E-state index >= 15 is 0 Å². The predicted molar refractivity (Wildman–Crippen MR) is 110 cm³/mol. The Bertz CT molecular complexity index is 537. The summed E-state index contributed by atoms with van der Waals surface area (Å²) >= 11 is 0. The molecule has 0 aromatic heterocycles. The highest BCUT2D eigenvalue weighted by molar-refractivity contribution is 5.09. The molecule has 5 fully saturated rings. The van der Waals surface area contributed by atoms with Gasteiger partial charge in [-0.05, 0) is 113 Å². The Morgan fingerprint density at radius 2 is 1.11 bits per heavy atom. The fourth-order valence-electron chi connectivity index (χ4n) is 7.83. The maximum Gasteiger partial charge on any atom is 0.0923 e. The number of rotatable bonds is 3. The first kappa shape index (κ1) is 18.9. The molecule has 0 spiro atoms. The summed E-state index contributed by atoms with van der Waals surface area (Å²) in [5, 5.41) is 0. The largest absolute Gasteiger partial charge is 0.366 e. The van der Waals surface area contributed by atoms with Gasteiger partial charge < -0.3 is 9.47 Å². The van der Waals surface area contributed by atoms with Crippen LogP contribution in [0.4, 0.5) is 0 Å². The molecule has 2 aliphatic heterocycles. The molecule has 6 unspecified atom stereocenters. The Morgan fingerprint density at radius 3 is 1.52 bits per heavy atom. The van der Waals surface area contributed by atoms with E-state index in [4.69, 9.17) is 9.47 Å². The van der Waals surface area contributed by atoms with Crippen LogP contribution in [0.25, 0.3) is 0 Å². The van der Waals surface area contributed by atoms with Crippen molar-refractivity contribution in [3.05, 3.63) is 0 Å². The van der Waals surface area contributed by atoms with E-state index < -0.39 is 0 Å². The normalized spacial score (nSPS) is 53.2. The SMILES string of the molecule is CC(C)(C)C1CCC(C(C2CCC3OC3(C)C2)C2CCC3OC3(C)C2)CC1. The van der Waals surface area contributed by atoms with E-state index in [-0.39, 0.29) is 11.2 Å². The smallest absolute Gasteiger partial charge is 0.0923 e. The van der Waals surface area contributed by atoms with Crippen molar-refractivity contribution in [3.8, 4) is 0 Å². The molecule has 154 valence electrons. The second kappa shape index (κ2) is 6.21. The number of hydrogen-bond acceptors (Lipinski definition) is 2. The van der Waals surface area contributed by atoms with Crippen molar-refractivity contribution in [3.63, 3.8) is 0 Å². The maximum absolute atomic E-state index is 6.11. The number of ether oxygens (including phenoxy) is 2. The highest BCUT2D eigenvalue weighted by Crippen LogP contribution is 2.59. The molecular weight excluding hydrogens is 332 g/mol. The van der Waals surface area contributed by atoms with E-state index in [9.17, 15) is 0 Å². The molecule has 0 amide bonds. The monoisotopic (exact) mass is 374 g/mol. The first-order chi connectivity index (χ1) is 12.7. The zero-order valence-corrected chi connectivity index (χ0v) is 18.4. The second-order valence-electron chi connectivity index (χ2n) is 12.5. The van der Waals surface area contributed by atoms with Gasteiger partial charge in [0.2, 0.25) is 0 Å². The fourth-order valence-corrected chi connectivity index (χ4v) is 7.83. The summed E-state index contributed by atoms with van der Waals surface area (Å²) in [6, 6.07) is 0. The van der Waals surface area contributed by atoms with E-state index in [0.717, 1.165) is 29.6 Å². The second-order valence-corrected chi connectivity index (χ2v) is 12.5. The molecule has 2 nitrogen and oxygen atoms in total. The van der Waals surface area contributed by atoms with E-state index in [1.165, 1.54) is 64.2 Å². The van der Waals surface area contributed by atoms with Crippen molar-refractivity contribution in [2.45, 2.75) is 122 Å². The number of hydrogen-bond donors (Lipinski definition) is 0. The number of fused-ring (bicyclic) bond motifs is 2. The third-order valence-electron chi connectivity index (χ3n) is 9.63. The molecular formula is C25H42O2. The summed E-state index contributed by atoms with van der Waals surface area (Å²) in [6.07, 6.45) is 15.2. The Hall–Kier alpha value is -0.0800. The van der Waals surface area contributed by atoms with Crippen LogP contribution in [-0.2, 0) is 9.47 Å². The average molecular weight is 375 g/mol. The highest BCUT2D eigenvalue weighted by atomic mass is 16.6. The highest BCUT2D eigenvalue weighted by Gasteiger charge is 2.60. The maximum atomic E-state index is 6.11. The van der Waals surface area contributed by atoms with Crippen LogP contribution in [0, 0.1) is 35.0 Å². The van der Waals surface area contributed by atoms with Gasteiger partial charge in [0.15, 0.2) is 0 Å². The van der Waals surface area contributed by atoms with Crippen LogP contribution in [0.1, 0.15) is 98.8 Å². The topological polar surface area (TPSA) is 25.1 Å². The molecule has 0 N–H and O–H groups in total. The van der Waals surface area contributed by atoms with E-state index in [0.29, 0.717) is 17.6 Å². The predicted octanol–water partition coefficient (Wildman–Crippen LogP) is 6.37. The first-order valence-corrected chi connectivity index (χ1v) is 12.0. The minimum atomic E-state index is 0.237. The lowest BCUT2D eigenvalue weighted by molar-refractivity contribution is 0.0355. The molecule has 5 rings (SSSR count). The third-order valence-corrected chi connectivity index (χ3v) is 9.63. The minimum Gasteiger partial charge on any atom is -0.366 e. The molecule has 2 saturated heterocycles. The zero-order valence-electron chi connectivity index (χ0n) is 18.4. The van der Waals surface area contributed by atoms with Gasteiger partial charge in [-0.2, -0.15) is 0 Å². The molecule has 0 bridgehead atoms. The van der Waals surface area contributed by atoms with Crippen molar-refractivity contribution >= 4 is 0 Å². The quantitative estimate of drug-likeness (QED) is 0.536. The van der Waals surface area contributed by atoms with Gasteiger partial charge in [-0.15, -0.1) is 0 Å². The van der Waals surface area contributed by atoms with Gasteiger partial charge in [-0.3, -0.25) is 0 Å². The Kier molecular flexibility index (Phi) is 4.35. The molecule has 2 heteroatoms. The summed E-state index contributed by atoms with van der Waals surface area (Å²) < 4.78 is 12.2. The molecule has 0 aromatic carbocycles. The first-order valence-electron chi connectivity index (χ1n) is 12.0. The van der Waals surface area contributed by atoms with E-state index in [2.05, 4.69) is 34.6 Å². The standard InChI is InChI=1S/C25H42O2/c1-23(2,3)19-10-6-16(7-11-19)22(17-8-12-20-24(4,14-17)26-20)18-9-13-21-25(5,15-18)27-21/h16-22H,6-15H2,1-5H3. The van der Waals surface area contributed by atoms with Crippen LogP contribution in [0.15, 0.2) is 0 Å². The molecule has 0 radical (unpaired) electrons. The number of epoxide rings is 2. The summed E-state index contributed by atoms with van der Waals surface area (Å²) in [5.41, 5.74) is 0.961. The van der Waals surface area contributed by atoms with Crippen molar-refractivity contribution in [2.24, 2.45) is 35.0 Å². The Balaban J connectivity index is 1.33. The molecule has 3 aliphatic carbocycles. The van der Waals surface area contributed by atoms with Crippen LogP contribution in [-0.4, -0.2) is 23.4 Å². The van der Waals surface area contributed by atoms with Crippen LogP contribution in [0.3, 0.4) is 0 Å². The molecule has 0 aromatic rings. The lowest BCUT2D eigenvalue weighted by Gasteiger charge is -2.46. The Morgan fingerprint density at radius 1 is 0.667 bits per heavy atom. The van der Waals surface area contributed by atoms with Crippen LogP contribution in [0.2, 0.25) is 0 Å². The van der Waals surface area contributed by atoms with Crippen molar-refractivity contribution in [1.82, 2.24) is 0 Å². The lowest BCUT2D eigenvalue weighted by atomic mass is 9.58. The molecule has 2 heterocycles. The molecule has 3 saturated carbocycles. The van der Waals surface area contributed by atoms with Gasteiger partial charge in [-0.1, -0.05) is 20.8 Å². The molecule has 27 heavy (non-hydrogen) atoms. The van der Waals surface area contributed by atoms with Gasteiger partial charge in [0.25, 0.3) is 0 Å². The summed E-state index contributed by atoms with van der Waals surface area (Å²) in [5.74, 6) is 4.60. The molecule has 6 atom stereocenters. The average Bonchev–Trinajstić information content (AvgIpc) is 3.47. The minimum absolute atomic E-state index is 0.237. The van der Waals surface area contributed by atoms with Gasteiger partial charge in [0, 0.05) is 0 Å². The van der Waals surface area contributed by atoms with Gasteiger partial charge in [0.05, 0.1) is 23.4 Å². The summed E-state index contributed by atoms with van der Waals surface area (Å²) in [6.45, 7) is 12.1. The van der Waals surface area contributed by atoms with Gasteiger partial charge >= 0.3 is 0 Å². The van der Waals surface area contributed by atoms with E-state index in [1.807, 2.05) is 0 Å². The summed E-state index contributed by atoms with van der Waals surface area (Å²) in [7, 11) is 0. The van der Waals surface area contributed by atoms with Crippen molar-refractivity contribution in [1.29, 1.82) is 0 Å².